The summed E-state index contributed by atoms with van der Waals surface area (Å²) < 4.78 is 10.7. The first-order valence-electron chi connectivity index (χ1n) is 13.5. The number of nitrogens with zero attached hydrogens (tertiary/aromatic N) is 2. The molecule has 0 spiro atoms. The Kier molecular flexibility index (Phi) is 10.3. The molecule has 9 heteroatoms. The summed E-state index contributed by atoms with van der Waals surface area (Å²) in [6.07, 6.45) is 1.91. The standard InChI is InChI=1S/C33H33N3O6/c1-41-25-19-23(20-26(21-25)42-2)14-17-36(18-15-31(37)38)33(40)30-13-6-4-11-28(30)27-10-3-5-12-29(27)32(39)35-22-24-9-7-8-16-34-24/h3-13,16,19-21H,14-15,17-18,22H2,1-2H3,(H,35,39)(H,37,38). The zero-order chi connectivity index (χ0) is 29.9. The van der Waals surface area contributed by atoms with Gasteiger partial charge in [0.2, 0.25) is 0 Å². The fraction of sp³-hybridized carbons (Fsp3) is 0.212. The van der Waals surface area contributed by atoms with E-state index in [0.29, 0.717) is 40.2 Å². The van der Waals surface area contributed by atoms with Crippen LogP contribution < -0.4 is 14.8 Å². The summed E-state index contributed by atoms with van der Waals surface area (Å²) >= 11 is 0. The molecule has 0 saturated heterocycles. The van der Waals surface area contributed by atoms with Crippen molar-refractivity contribution in [2.24, 2.45) is 0 Å². The Morgan fingerprint density at radius 3 is 2.05 bits per heavy atom. The van der Waals surface area contributed by atoms with Crippen molar-refractivity contribution in [3.8, 4) is 22.6 Å². The highest BCUT2D eigenvalue weighted by molar-refractivity contribution is 6.06. The molecule has 216 valence electrons. The van der Waals surface area contributed by atoms with E-state index in [4.69, 9.17) is 9.47 Å². The molecular weight excluding hydrogens is 534 g/mol. The molecule has 0 fully saturated rings. The normalized spacial score (nSPS) is 10.5. The second-order valence-electron chi connectivity index (χ2n) is 9.50. The first-order valence-corrected chi connectivity index (χ1v) is 13.5. The number of hydrogen-bond donors (Lipinski definition) is 2. The smallest absolute Gasteiger partial charge is 0.305 e. The van der Waals surface area contributed by atoms with E-state index >= 15 is 0 Å². The highest BCUT2D eigenvalue weighted by atomic mass is 16.5. The molecule has 4 aromatic rings. The number of ether oxygens (including phenoxy) is 2. The maximum Gasteiger partial charge on any atom is 0.305 e. The number of pyridine rings is 1. The number of carboxylic acids is 1. The average molecular weight is 568 g/mol. The maximum absolute atomic E-state index is 14.0. The zero-order valence-corrected chi connectivity index (χ0v) is 23.6. The molecule has 0 aliphatic heterocycles. The Morgan fingerprint density at radius 2 is 1.43 bits per heavy atom. The first-order chi connectivity index (χ1) is 20.4. The van der Waals surface area contributed by atoms with E-state index in [0.717, 1.165) is 11.3 Å². The van der Waals surface area contributed by atoms with Crippen LogP contribution in [0.5, 0.6) is 11.5 Å². The molecule has 0 radical (unpaired) electrons. The van der Waals surface area contributed by atoms with Crippen LogP contribution in [0.1, 0.15) is 38.4 Å². The van der Waals surface area contributed by atoms with Gasteiger partial charge >= 0.3 is 5.97 Å². The van der Waals surface area contributed by atoms with Crippen molar-refractivity contribution >= 4 is 17.8 Å². The Labute approximate surface area is 244 Å². The molecule has 0 bridgehead atoms. The molecule has 0 unspecified atom stereocenters. The van der Waals surface area contributed by atoms with E-state index in [1.54, 1.807) is 68.9 Å². The van der Waals surface area contributed by atoms with E-state index in [2.05, 4.69) is 10.3 Å². The van der Waals surface area contributed by atoms with Gasteiger partial charge < -0.3 is 24.8 Å². The number of amides is 2. The number of methoxy groups -OCH3 is 2. The molecule has 1 aromatic heterocycles. The number of nitrogens with one attached hydrogen (secondary N) is 1. The molecular formula is C33H33N3O6. The van der Waals surface area contributed by atoms with Crippen molar-refractivity contribution in [1.29, 1.82) is 0 Å². The Balaban J connectivity index is 1.61. The van der Waals surface area contributed by atoms with Crippen molar-refractivity contribution in [1.82, 2.24) is 15.2 Å². The van der Waals surface area contributed by atoms with Crippen molar-refractivity contribution < 1.29 is 29.0 Å². The third-order valence-electron chi connectivity index (χ3n) is 6.74. The van der Waals surface area contributed by atoms with Gasteiger partial charge in [-0.05, 0) is 59.5 Å². The molecule has 3 aromatic carbocycles. The van der Waals surface area contributed by atoms with Crippen LogP contribution in [0.2, 0.25) is 0 Å². The van der Waals surface area contributed by atoms with Gasteiger partial charge in [0.25, 0.3) is 11.8 Å². The lowest BCUT2D eigenvalue weighted by Gasteiger charge is -2.24. The summed E-state index contributed by atoms with van der Waals surface area (Å²) in [5.74, 6) is -0.384. The molecule has 1 heterocycles. The van der Waals surface area contributed by atoms with Crippen LogP contribution in [-0.4, -0.2) is 60.1 Å². The third-order valence-corrected chi connectivity index (χ3v) is 6.74. The van der Waals surface area contributed by atoms with Gasteiger partial charge in [-0.1, -0.05) is 42.5 Å². The summed E-state index contributed by atoms with van der Waals surface area (Å²) in [6, 6.07) is 25.1. The highest BCUT2D eigenvalue weighted by Crippen LogP contribution is 2.29. The number of aliphatic carboxylic acids is 1. The van der Waals surface area contributed by atoms with Gasteiger partial charge in [-0.15, -0.1) is 0 Å². The van der Waals surface area contributed by atoms with Gasteiger partial charge in [-0.2, -0.15) is 0 Å². The summed E-state index contributed by atoms with van der Waals surface area (Å²) in [7, 11) is 3.13. The first kappa shape index (κ1) is 29.8. The minimum atomic E-state index is -1.00. The Morgan fingerprint density at radius 1 is 0.810 bits per heavy atom. The third kappa shape index (κ3) is 7.72. The molecule has 0 saturated carbocycles. The number of carboxylic acid groups (broad SMARTS) is 1. The van der Waals surface area contributed by atoms with Crippen LogP contribution in [0.4, 0.5) is 0 Å². The molecule has 0 aliphatic carbocycles. The largest absolute Gasteiger partial charge is 0.497 e. The fourth-order valence-electron chi connectivity index (χ4n) is 4.58. The van der Waals surface area contributed by atoms with Gasteiger partial charge in [0.05, 0.1) is 32.9 Å². The fourth-order valence-corrected chi connectivity index (χ4v) is 4.58. The number of carbonyl (C=O) groups is 3. The monoisotopic (exact) mass is 567 g/mol. The summed E-state index contributed by atoms with van der Waals surface area (Å²) in [5, 5.41) is 12.3. The molecule has 9 nitrogen and oxygen atoms in total. The van der Waals surface area contributed by atoms with Crippen LogP contribution in [0.15, 0.2) is 91.1 Å². The summed E-state index contributed by atoms with van der Waals surface area (Å²) in [5.41, 5.74) is 3.56. The van der Waals surface area contributed by atoms with Crippen molar-refractivity contribution in [2.75, 3.05) is 27.3 Å². The van der Waals surface area contributed by atoms with Crippen LogP contribution in [0, 0.1) is 0 Å². The molecule has 4 rings (SSSR count). The van der Waals surface area contributed by atoms with Crippen LogP contribution in [-0.2, 0) is 17.8 Å². The van der Waals surface area contributed by atoms with E-state index in [1.165, 1.54) is 4.90 Å². The molecule has 2 N–H and O–H groups in total. The highest BCUT2D eigenvalue weighted by Gasteiger charge is 2.23. The Hall–Kier alpha value is -5.18. The average Bonchev–Trinajstić information content (AvgIpc) is 3.03. The van der Waals surface area contributed by atoms with Gasteiger partial charge in [0.1, 0.15) is 11.5 Å². The summed E-state index contributed by atoms with van der Waals surface area (Å²) in [4.78, 5) is 44.5. The summed E-state index contributed by atoms with van der Waals surface area (Å²) in [6.45, 7) is 0.547. The number of aromatic nitrogens is 1. The topological polar surface area (TPSA) is 118 Å². The minimum absolute atomic E-state index is 0.0236. The number of hydrogen-bond acceptors (Lipinski definition) is 6. The van der Waals surface area contributed by atoms with E-state index in [1.807, 2.05) is 36.4 Å². The van der Waals surface area contributed by atoms with Crippen molar-refractivity contribution in [3.63, 3.8) is 0 Å². The second-order valence-corrected chi connectivity index (χ2v) is 9.50. The van der Waals surface area contributed by atoms with E-state index in [-0.39, 0.29) is 37.9 Å². The SMILES string of the molecule is COc1cc(CCN(CCC(=O)O)C(=O)c2ccccc2-c2ccccc2C(=O)NCc2ccccn2)cc(OC)c1. The van der Waals surface area contributed by atoms with E-state index in [9.17, 15) is 19.5 Å². The lowest BCUT2D eigenvalue weighted by molar-refractivity contribution is -0.137. The van der Waals surface area contributed by atoms with Crippen LogP contribution in [0.3, 0.4) is 0 Å². The van der Waals surface area contributed by atoms with Gasteiger partial charge in [-0.3, -0.25) is 19.4 Å². The predicted octanol–water partition coefficient (Wildman–Crippen LogP) is 4.86. The molecule has 0 aliphatic rings. The van der Waals surface area contributed by atoms with E-state index < -0.39 is 5.97 Å². The lowest BCUT2D eigenvalue weighted by atomic mass is 9.94. The van der Waals surface area contributed by atoms with Gasteiger partial charge in [0.15, 0.2) is 0 Å². The second kappa shape index (κ2) is 14.5. The van der Waals surface area contributed by atoms with Crippen molar-refractivity contribution in [3.05, 3.63) is 114 Å². The number of rotatable bonds is 13. The number of carbonyl (C=O) groups excluding carboxylic acids is 2. The van der Waals surface area contributed by atoms with Gasteiger partial charge in [0, 0.05) is 36.5 Å². The van der Waals surface area contributed by atoms with Crippen molar-refractivity contribution in [2.45, 2.75) is 19.4 Å². The predicted molar refractivity (Wildman–Crippen MR) is 159 cm³/mol. The Bertz CT molecular complexity index is 1520. The van der Waals surface area contributed by atoms with Crippen LogP contribution >= 0.6 is 0 Å². The quantitative estimate of drug-likeness (QED) is 0.237. The van der Waals surface area contributed by atoms with Crippen LogP contribution in [0.25, 0.3) is 11.1 Å². The maximum atomic E-state index is 14.0. The molecule has 2 amide bonds. The molecule has 0 atom stereocenters. The lowest BCUT2D eigenvalue weighted by Crippen LogP contribution is -2.35. The van der Waals surface area contributed by atoms with Gasteiger partial charge in [-0.25, -0.2) is 0 Å². The number of benzene rings is 3. The zero-order valence-electron chi connectivity index (χ0n) is 23.6. The molecule has 42 heavy (non-hydrogen) atoms. The minimum Gasteiger partial charge on any atom is -0.497 e.